The zero-order chi connectivity index (χ0) is 9.47. The summed E-state index contributed by atoms with van der Waals surface area (Å²) >= 11 is 0. The second-order valence-corrected chi connectivity index (χ2v) is 4.82. The van der Waals surface area contributed by atoms with E-state index in [4.69, 9.17) is 4.74 Å². The summed E-state index contributed by atoms with van der Waals surface area (Å²) < 4.78 is 5.99. The Morgan fingerprint density at radius 2 is 2.15 bits per heavy atom. The number of hydrogen-bond acceptors (Lipinski definition) is 1. The summed E-state index contributed by atoms with van der Waals surface area (Å²) in [4.78, 5) is 0. The lowest BCUT2D eigenvalue weighted by molar-refractivity contribution is 0.00838. The van der Waals surface area contributed by atoms with Crippen LogP contribution in [0, 0.1) is 0 Å². The van der Waals surface area contributed by atoms with E-state index in [2.05, 4.69) is 26.8 Å². The van der Waals surface area contributed by atoms with E-state index >= 15 is 0 Å². The summed E-state index contributed by atoms with van der Waals surface area (Å²) in [7, 11) is 0. The van der Waals surface area contributed by atoms with Gasteiger partial charge in [0.1, 0.15) is 11.4 Å². The predicted molar refractivity (Wildman–Crippen MR) is 54.4 cm³/mol. The largest absolute Gasteiger partial charge is 0.492 e. The number of hydrogen-bond donors (Lipinski definition) is 0. The van der Waals surface area contributed by atoms with Crippen LogP contribution in [-0.2, 0) is 4.74 Å². The summed E-state index contributed by atoms with van der Waals surface area (Å²) in [5.41, 5.74) is 3.05. The van der Waals surface area contributed by atoms with Crippen LogP contribution in [-0.4, -0.2) is 5.60 Å². The molecule has 1 heteroatoms. The Morgan fingerprint density at radius 1 is 1.38 bits per heavy atom. The van der Waals surface area contributed by atoms with Gasteiger partial charge in [-0.15, -0.1) is 0 Å². The van der Waals surface area contributed by atoms with Gasteiger partial charge in [0.15, 0.2) is 0 Å². The highest BCUT2D eigenvalue weighted by molar-refractivity contribution is 5.26. The van der Waals surface area contributed by atoms with E-state index in [1.165, 1.54) is 29.7 Å². The van der Waals surface area contributed by atoms with Crippen LogP contribution >= 0.6 is 0 Å². The average molecular weight is 178 g/mol. The van der Waals surface area contributed by atoms with Gasteiger partial charge in [-0.2, -0.15) is 0 Å². The molecule has 0 saturated carbocycles. The van der Waals surface area contributed by atoms with Crippen LogP contribution in [0.2, 0.25) is 0 Å². The maximum Gasteiger partial charge on any atom is 0.103 e. The van der Waals surface area contributed by atoms with Gasteiger partial charge in [-0.05, 0) is 45.6 Å². The van der Waals surface area contributed by atoms with Gasteiger partial charge in [0.05, 0.1) is 0 Å². The Labute approximate surface area is 80.5 Å². The van der Waals surface area contributed by atoms with Gasteiger partial charge >= 0.3 is 0 Å². The van der Waals surface area contributed by atoms with Crippen molar-refractivity contribution >= 4 is 0 Å². The van der Waals surface area contributed by atoms with Gasteiger partial charge < -0.3 is 4.74 Å². The highest BCUT2D eigenvalue weighted by atomic mass is 16.5. The van der Waals surface area contributed by atoms with Crippen LogP contribution < -0.4 is 0 Å². The quantitative estimate of drug-likeness (QED) is 0.515. The molecule has 0 bridgehead atoms. The molecule has 1 heterocycles. The lowest BCUT2D eigenvalue weighted by Gasteiger charge is -2.36. The lowest BCUT2D eigenvalue weighted by atomic mass is 9.88. The number of ether oxygens (including phenoxy) is 1. The van der Waals surface area contributed by atoms with Gasteiger partial charge in [0.25, 0.3) is 0 Å². The Balaban J connectivity index is 2.17. The molecule has 1 aliphatic heterocycles. The standard InChI is InChI=1S/C12H18O/c1-9-4-5-10-6-7-12(2,3)13-11(10)8-9/h4H,5-8H2,1-3H3. The average Bonchev–Trinajstić information content (AvgIpc) is 2.01. The van der Waals surface area contributed by atoms with Crippen molar-refractivity contribution in [3.63, 3.8) is 0 Å². The van der Waals surface area contributed by atoms with Gasteiger partial charge in [-0.3, -0.25) is 0 Å². The first kappa shape index (κ1) is 8.86. The van der Waals surface area contributed by atoms with Gasteiger partial charge in [-0.1, -0.05) is 11.6 Å². The number of allylic oxidation sites excluding steroid dienone is 3. The first-order valence-corrected chi connectivity index (χ1v) is 5.12. The lowest BCUT2D eigenvalue weighted by Crippen LogP contribution is -2.29. The fourth-order valence-electron chi connectivity index (χ4n) is 2.05. The molecule has 2 aliphatic rings. The minimum absolute atomic E-state index is 0.0659. The minimum Gasteiger partial charge on any atom is -0.492 e. The third kappa shape index (κ3) is 1.79. The Morgan fingerprint density at radius 3 is 2.92 bits per heavy atom. The van der Waals surface area contributed by atoms with Crippen LogP contribution in [0.5, 0.6) is 0 Å². The van der Waals surface area contributed by atoms with Crippen molar-refractivity contribution in [2.75, 3.05) is 0 Å². The highest BCUT2D eigenvalue weighted by Gasteiger charge is 2.28. The van der Waals surface area contributed by atoms with Crippen LogP contribution in [0.3, 0.4) is 0 Å². The van der Waals surface area contributed by atoms with Crippen LogP contribution in [0.25, 0.3) is 0 Å². The van der Waals surface area contributed by atoms with Crippen molar-refractivity contribution in [3.05, 3.63) is 23.0 Å². The molecule has 1 aliphatic carbocycles. The van der Waals surface area contributed by atoms with E-state index in [9.17, 15) is 0 Å². The molecule has 0 atom stereocenters. The Hall–Kier alpha value is -0.720. The molecule has 0 N–H and O–H groups in total. The SMILES string of the molecule is CC1=CCC2=C(C1)OC(C)(C)CC2. The fourth-order valence-corrected chi connectivity index (χ4v) is 2.05. The molecular weight excluding hydrogens is 160 g/mol. The summed E-state index contributed by atoms with van der Waals surface area (Å²) in [6.45, 7) is 6.56. The van der Waals surface area contributed by atoms with Crippen molar-refractivity contribution in [1.29, 1.82) is 0 Å². The molecule has 13 heavy (non-hydrogen) atoms. The third-order valence-corrected chi connectivity index (χ3v) is 2.96. The molecule has 2 rings (SSSR count). The van der Waals surface area contributed by atoms with Crippen LogP contribution in [0.4, 0.5) is 0 Å². The van der Waals surface area contributed by atoms with Gasteiger partial charge in [-0.25, -0.2) is 0 Å². The molecule has 0 saturated heterocycles. The normalized spacial score (nSPS) is 26.2. The minimum atomic E-state index is 0.0659. The summed E-state index contributed by atoms with van der Waals surface area (Å²) in [5, 5.41) is 0. The molecular formula is C12H18O. The van der Waals surface area contributed by atoms with E-state index < -0.39 is 0 Å². The molecule has 1 nitrogen and oxygen atoms in total. The molecule has 0 unspecified atom stereocenters. The zero-order valence-electron chi connectivity index (χ0n) is 8.81. The fraction of sp³-hybridized carbons (Fsp3) is 0.667. The van der Waals surface area contributed by atoms with E-state index in [1.807, 2.05) is 0 Å². The molecule has 0 fully saturated rings. The van der Waals surface area contributed by atoms with Crippen molar-refractivity contribution in [1.82, 2.24) is 0 Å². The van der Waals surface area contributed by atoms with Crippen molar-refractivity contribution < 1.29 is 4.74 Å². The second-order valence-electron chi connectivity index (χ2n) is 4.82. The van der Waals surface area contributed by atoms with Gasteiger partial charge in [0.2, 0.25) is 0 Å². The zero-order valence-corrected chi connectivity index (χ0v) is 8.81. The van der Waals surface area contributed by atoms with E-state index in [-0.39, 0.29) is 5.60 Å². The molecule has 0 aromatic heterocycles. The van der Waals surface area contributed by atoms with E-state index in [1.54, 1.807) is 0 Å². The molecule has 0 radical (unpaired) electrons. The molecule has 0 aromatic rings. The topological polar surface area (TPSA) is 9.23 Å². The summed E-state index contributed by atoms with van der Waals surface area (Å²) in [6, 6.07) is 0. The smallest absolute Gasteiger partial charge is 0.103 e. The molecule has 0 amide bonds. The maximum absolute atomic E-state index is 5.99. The first-order valence-electron chi connectivity index (χ1n) is 5.12. The third-order valence-electron chi connectivity index (χ3n) is 2.96. The highest BCUT2D eigenvalue weighted by Crippen LogP contribution is 2.38. The summed E-state index contributed by atoms with van der Waals surface area (Å²) in [6.07, 6.45) is 6.89. The first-order chi connectivity index (χ1) is 6.07. The number of rotatable bonds is 0. The molecule has 0 spiro atoms. The van der Waals surface area contributed by atoms with Crippen LogP contribution in [0.15, 0.2) is 23.0 Å². The predicted octanol–water partition coefficient (Wildman–Crippen LogP) is 3.57. The molecule has 72 valence electrons. The monoisotopic (exact) mass is 178 g/mol. The van der Waals surface area contributed by atoms with Gasteiger partial charge in [0, 0.05) is 6.42 Å². The van der Waals surface area contributed by atoms with E-state index in [0.717, 1.165) is 12.8 Å². The summed E-state index contributed by atoms with van der Waals surface area (Å²) in [5.74, 6) is 1.26. The Bertz CT molecular complexity index is 281. The Kier molecular flexibility index (Phi) is 1.98. The van der Waals surface area contributed by atoms with Crippen molar-refractivity contribution in [3.8, 4) is 0 Å². The van der Waals surface area contributed by atoms with Crippen molar-refractivity contribution in [2.45, 2.75) is 52.1 Å². The van der Waals surface area contributed by atoms with Crippen molar-refractivity contribution in [2.24, 2.45) is 0 Å². The van der Waals surface area contributed by atoms with E-state index in [0.29, 0.717) is 0 Å². The maximum atomic E-state index is 5.99. The molecule has 0 aromatic carbocycles. The second kappa shape index (κ2) is 2.90. The van der Waals surface area contributed by atoms with Crippen LogP contribution in [0.1, 0.15) is 46.5 Å².